The predicted octanol–water partition coefficient (Wildman–Crippen LogP) is 3.08. The third-order valence-corrected chi connectivity index (χ3v) is 3.82. The van der Waals surface area contributed by atoms with Gasteiger partial charge in [-0.15, -0.1) is 0 Å². The summed E-state index contributed by atoms with van der Waals surface area (Å²) in [6, 6.07) is 6.45. The van der Waals surface area contributed by atoms with Gasteiger partial charge in [-0.1, -0.05) is 12.1 Å². The molecule has 20 heavy (non-hydrogen) atoms. The van der Waals surface area contributed by atoms with Crippen LogP contribution in [0.25, 0.3) is 0 Å². The van der Waals surface area contributed by atoms with Crippen LogP contribution in [-0.4, -0.2) is 15.7 Å². The molecule has 1 heterocycles. The largest absolute Gasteiger partial charge is 0.287 e. The van der Waals surface area contributed by atoms with E-state index in [0.717, 1.165) is 10.0 Å². The Kier molecular flexibility index (Phi) is 3.10. The molecule has 1 aliphatic rings. The van der Waals surface area contributed by atoms with E-state index in [2.05, 4.69) is 20.9 Å². The Morgan fingerprint density at radius 2 is 2.10 bits per heavy atom. The molecular weight excluding hydrogens is 324 g/mol. The quantitative estimate of drug-likeness (QED) is 0.594. The van der Waals surface area contributed by atoms with Crippen molar-refractivity contribution in [1.82, 2.24) is 4.98 Å². The number of fused-ring (bicyclic) bond motifs is 2. The number of nitro groups is 1. The summed E-state index contributed by atoms with van der Waals surface area (Å²) in [6.07, 6.45) is 2.59. The molecule has 1 aliphatic carbocycles. The van der Waals surface area contributed by atoms with Crippen LogP contribution in [0.4, 0.5) is 5.69 Å². The van der Waals surface area contributed by atoms with Crippen molar-refractivity contribution in [3.8, 4) is 0 Å². The average molecular weight is 333 g/mol. The third kappa shape index (κ3) is 2.02. The number of pyridine rings is 1. The standard InChI is InChI=1S/C14H9BrN2O3/c15-9-6-8-4-5-10-11(14(18)13(8)16-7-9)2-1-3-12(10)17(19)20/h1-3,6-7H,4-5H2. The third-order valence-electron chi connectivity index (χ3n) is 3.39. The molecular formula is C14H9BrN2O3. The van der Waals surface area contributed by atoms with Crippen LogP contribution in [0, 0.1) is 10.1 Å². The molecule has 0 saturated carbocycles. The van der Waals surface area contributed by atoms with Crippen molar-refractivity contribution in [3.05, 3.63) is 67.4 Å². The highest BCUT2D eigenvalue weighted by Gasteiger charge is 2.27. The number of aromatic nitrogens is 1. The number of ketones is 1. The van der Waals surface area contributed by atoms with Gasteiger partial charge in [0.2, 0.25) is 5.78 Å². The van der Waals surface area contributed by atoms with E-state index < -0.39 is 4.92 Å². The maximum atomic E-state index is 12.5. The molecule has 0 radical (unpaired) electrons. The van der Waals surface area contributed by atoms with Gasteiger partial charge in [-0.25, -0.2) is 0 Å². The number of rotatable bonds is 1. The van der Waals surface area contributed by atoms with Crippen LogP contribution in [0.5, 0.6) is 0 Å². The van der Waals surface area contributed by atoms with Crippen LogP contribution in [-0.2, 0) is 12.8 Å². The van der Waals surface area contributed by atoms with E-state index in [-0.39, 0.29) is 11.5 Å². The first kappa shape index (κ1) is 12.9. The van der Waals surface area contributed by atoms with Gasteiger partial charge in [-0.05, 0) is 40.4 Å². The zero-order chi connectivity index (χ0) is 14.3. The number of halogens is 1. The van der Waals surface area contributed by atoms with Gasteiger partial charge in [0.1, 0.15) is 5.69 Å². The fourth-order valence-corrected chi connectivity index (χ4v) is 2.86. The number of hydrogen-bond donors (Lipinski definition) is 0. The Morgan fingerprint density at radius 3 is 2.85 bits per heavy atom. The van der Waals surface area contributed by atoms with Crippen molar-refractivity contribution in [1.29, 1.82) is 0 Å². The average Bonchev–Trinajstić information content (AvgIpc) is 2.56. The smallest absolute Gasteiger partial charge is 0.273 e. The molecule has 0 atom stereocenters. The minimum Gasteiger partial charge on any atom is -0.287 e. The Morgan fingerprint density at radius 1 is 1.30 bits per heavy atom. The highest BCUT2D eigenvalue weighted by atomic mass is 79.9. The maximum absolute atomic E-state index is 12.5. The molecule has 0 aliphatic heterocycles. The minimum absolute atomic E-state index is 0.00252. The molecule has 6 heteroatoms. The summed E-state index contributed by atoms with van der Waals surface area (Å²) in [5.41, 5.74) is 2.08. The normalized spacial score (nSPS) is 13.3. The first-order valence-electron chi connectivity index (χ1n) is 6.03. The second-order valence-corrected chi connectivity index (χ2v) is 5.47. The summed E-state index contributed by atoms with van der Waals surface area (Å²) >= 11 is 3.33. The van der Waals surface area contributed by atoms with Gasteiger partial charge in [0.05, 0.1) is 4.92 Å². The van der Waals surface area contributed by atoms with Crippen LogP contribution in [0.3, 0.4) is 0 Å². The Balaban J connectivity index is 2.21. The first-order chi connectivity index (χ1) is 9.58. The zero-order valence-corrected chi connectivity index (χ0v) is 11.9. The van der Waals surface area contributed by atoms with Crippen molar-refractivity contribution in [2.75, 3.05) is 0 Å². The maximum Gasteiger partial charge on any atom is 0.273 e. The van der Waals surface area contributed by atoms with Gasteiger partial charge in [-0.3, -0.25) is 19.9 Å². The Labute approximate surface area is 122 Å². The zero-order valence-electron chi connectivity index (χ0n) is 10.3. The van der Waals surface area contributed by atoms with Crippen LogP contribution in [0.2, 0.25) is 0 Å². The van der Waals surface area contributed by atoms with Crippen LogP contribution >= 0.6 is 15.9 Å². The van der Waals surface area contributed by atoms with E-state index >= 15 is 0 Å². The van der Waals surface area contributed by atoms with Crippen LogP contribution < -0.4 is 0 Å². The Hall–Kier alpha value is -2.08. The lowest BCUT2D eigenvalue weighted by Crippen LogP contribution is -2.07. The highest BCUT2D eigenvalue weighted by Crippen LogP contribution is 2.30. The van der Waals surface area contributed by atoms with Gasteiger partial charge in [0.15, 0.2) is 0 Å². The topological polar surface area (TPSA) is 73.1 Å². The second kappa shape index (κ2) is 4.79. The van der Waals surface area contributed by atoms with Crippen LogP contribution in [0.15, 0.2) is 34.9 Å². The number of benzene rings is 1. The monoisotopic (exact) mass is 332 g/mol. The summed E-state index contributed by atoms with van der Waals surface area (Å²) < 4.78 is 0.796. The molecule has 0 spiro atoms. The summed E-state index contributed by atoms with van der Waals surface area (Å²) in [4.78, 5) is 27.3. The molecule has 3 rings (SSSR count). The number of carbonyl (C=O) groups is 1. The number of carbonyl (C=O) groups excluding carboxylic acids is 1. The Bertz CT molecular complexity index is 743. The van der Waals surface area contributed by atoms with Gasteiger partial charge in [0, 0.05) is 27.9 Å². The molecule has 2 aromatic rings. The molecule has 0 bridgehead atoms. The SMILES string of the molecule is O=C1c2cccc([N+](=O)[O-])c2CCc2cc(Br)cnc21. The van der Waals surface area contributed by atoms with Crippen LogP contribution in [0.1, 0.15) is 27.2 Å². The van der Waals surface area contributed by atoms with Gasteiger partial charge < -0.3 is 0 Å². The number of nitrogens with zero attached hydrogens (tertiary/aromatic N) is 2. The molecule has 0 amide bonds. The fraction of sp³-hybridized carbons (Fsp3) is 0.143. The molecule has 0 saturated heterocycles. The van der Waals surface area contributed by atoms with Crippen molar-refractivity contribution in [2.45, 2.75) is 12.8 Å². The number of hydrogen-bond acceptors (Lipinski definition) is 4. The van der Waals surface area contributed by atoms with Gasteiger partial charge in [0.25, 0.3) is 5.69 Å². The first-order valence-corrected chi connectivity index (χ1v) is 6.82. The number of aryl methyl sites for hydroxylation is 1. The molecule has 0 unspecified atom stereocenters. The van der Waals surface area contributed by atoms with E-state index in [1.54, 1.807) is 18.3 Å². The molecule has 5 nitrogen and oxygen atoms in total. The lowest BCUT2D eigenvalue weighted by molar-refractivity contribution is -0.385. The van der Waals surface area contributed by atoms with E-state index in [0.29, 0.717) is 29.7 Å². The second-order valence-electron chi connectivity index (χ2n) is 4.55. The summed E-state index contributed by atoms with van der Waals surface area (Å²) in [6.45, 7) is 0. The predicted molar refractivity (Wildman–Crippen MR) is 75.9 cm³/mol. The van der Waals surface area contributed by atoms with Crippen molar-refractivity contribution in [3.63, 3.8) is 0 Å². The molecule has 1 aromatic heterocycles. The van der Waals surface area contributed by atoms with Crippen molar-refractivity contribution < 1.29 is 9.72 Å². The van der Waals surface area contributed by atoms with Crippen molar-refractivity contribution in [2.24, 2.45) is 0 Å². The molecule has 1 aromatic carbocycles. The highest BCUT2D eigenvalue weighted by molar-refractivity contribution is 9.10. The minimum atomic E-state index is -0.439. The molecule has 0 fully saturated rings. The lowest BCUT2D eigenvalue weighted by Gasteiger charge is -2.04. The molecule has 100 valence electrons. The van der Waals surface area contributed by atoms with E-state index in [1.807, 2.05) is 6.07 Å². The van der Waals surface area contributed by atoms with E-state index in [4.69, 9.17) is 0 Å². The molecule has 0 N–H and O–H groups in total. The summed E-state index contributed by atoms with van der Waals surface area (Å²) in [7, 11) is 0. The summed E-state index contributed by atoms with van der Waals surface area (Å²) in [5.74, 6) is -0.247. The van der Waals surface area contributed by atoms with E-state index in [9.17, 15) is 14.9 Å². The fourth-order valence-electron chi connectivity index (χ4n) is 2.48. The lowest BCUT2D eigenvalue weighted by atomic mass is 10.00. The van der Waals surface area contributed by atoms with Crippen molar-refractivity contribution >= 4 is 27.4 Å². The van der Waals surface area contributed by atoms with Gasteiger partial charge in [-0.2, -0.15) is 0 Å². The summed E-state index contributed by atoms with van der Waals surface area (Å²) in [5, 5.41) is 11.1. The number of nitro benzene ring substituents is 1. The van der Waals surface area contributed by atoms with E-state index in [1.165, 1.54) is 6.07 Å². The van der Waals surface area contributed by atoms with Gasteiger partial charge >= 0.3 is 0 Å².